The molecule has 3 aromatic carbocycles. The summed E-state index contributed by atoms with van der Waals surface area (Å²) in [5.41, 5.74) is 12.8. The molecule has 3 aromatic rings. The molecule has 2 bridgehead atoms. The van der Waals surface area contributed by atoms with E-state index >= 15 is 0 Å². The van der Waals surface area contributed by atoms with E-state index < -0.39 is 0 Å². The zero-order valence-corrected chi connectivity index (χ0v) is 21.3. The minimum Gasteiger partial charge on any atom is -0.496 e. The Morgan fingerprint density at radius 1 is 0.857 bits per heavy atom. The number of rotatable bonds is 9. The van der Waals surface area contributed by atoms with E-state index in [0.717, 1.165) is 12.3 Å². The fourth-order valence-corrected chi connectivity index (χ4v) is 6.17. The molecule has 6 rings (SSSR count). The van der Waals surface area contributed by atoms with Gasteiger partial charge >= 0.3 is 0 Å². The van der Waals surface area contributed by atoms with Gasteiger partial charge in [-0.2, -0.15) is 0 Å². The monoisotopic (exact) mass is 469 g/mol. The third-order valence-electron chi connectivity index (χ3n) is 8.05. The van der Waals surface area contributed by atoms with Crippen molar-refractivity contribution in [1.82, 2.24) is 15.8 Å². The number of nitrogens with zero attached hydrogens (tertiary/aromatic N) is 1. The first-order valence-electron chi connectivity index (χ1n) is 13.1. The highest BCUT2D eigenvalue weighted by molar-refractivity contribution is 5.39. The quantitative estimate of drug-likeness (QED) is 0.394. The van der Waals surface area contributed by atoms with Crippen LogP contribution in [0.3, 0.4) is 0 Å². The molecular formula is C31H39N3O. The number of methoxy groups -OCH3 is 1. The standard InChI is InChI=1S/C31H39N3O/c1-22(2)26-14-15-28(35-3)27(20-26)21-32-33-30-25-16-18-34(19-17-25)31(30)29(23-10-6-4-7-11-23)24-12-8-5-9-13-24/h4-15,20,22,25,29-33H,16-19,21H2,1-3H3. The van der Waals surface area contributed by atoms with Crippen molar-refractivity contribution < 1.29 is 4.74 Å². The zero-order valence-electron chi connectivity index (χ0n) is 21.3. The molecule has 0 saturated carbocycles. The first-order chi connectivity index (χ1) is 17.2. The molecule has 0 aliphatic carbocycles. The molecule has 3 heterocycles. The topological polar surface area (TPSA) is 36.5 Å². The minimum atomic E-state index is 0.332. The molecule has 184 valence electrons. The fourth-order valence-electron chi connectivity index (χ4n) is 6.17. The maximum atomic E-state index is 5.67. The van der Waals surface area contributed by atoms with Gasteiger partial charge in [0.05, 0.1) is 7.11 Å². The van der Waals surface area contributed by atoms with Crippen molar-refractivity contribution in [1.29, 1.82) is 0 Å². The van der Waals surface area contributed by atoms with Gasteiger partial charge in [0.1, 0.15) is 5.75 Å². The van der Waals surface area contributed by atoms with Gasteiger partial charge in [-0.25, -0.2) is 0 Å². The van der Waals surface area contributed by atoms with Crippen molar-refractivity contribution in [2.45, 2.75) is 57.2 Å². The van der Waals surface area contributed by atoms with Crippen LogP contribution in [0.25, 0.3) is 0 Å². The van der Waals surface area contributed by atoms with Crippen molar-refractivity contribution in [3.63, 3.8) is 0 Å². The second-order valence-electron chi connectivity index (χ2n) is 10.4. The highest BCUT2D eigenvalue weighted by Gasteiger charge is 2.46. The van der Waals surface area contributed by atoms with E-state index in [1.54, 1.807) is 7.11 Å². The Morgan fingerprint density at radius 3 is 2.06 bits per heavy atom. The highest BCUT2D eigenvalue weighted by Crippen LogP contribution is 2.41. The van der Waals surface area contributed by atoms with Crippen molar-refractivity contribution in [2.75, 3.05) is 20.2 Å². The molecule has 2 unspecified atom stereocenters. The molecule has 0 spiro atoms. The minimum absolute atomic E-state index is 0.332. The van der Waals surface area contributed by atoms with Gasteiger partial charge in [0.25, 0.3) is 0 Å². The van der Waals surface area contributed by atoms with Gasteiger partial charge < -0.3 is 4.74 Å². The van der Waals surface area contributed by atoms with Crippen LogP contribution < -0.4 is 15.6 Å². The van der Waals surface area contributed by atoms with Crippen LogP contribution in [0.15, 0.2) is 78.9 Å². The van der Waals surface area contributed by atoms with Crippen molar-refractivity contribution in [3.05, 3.63) is 101 Å². The Bertz CT molecular complexity index is 1040. The Labute approximate surface area is 210 Å². The van der Waals surface area contributed by atoms with E-state index in [-0.39, 0.29) is 0 Å². The third-order valence-corrected chi connectivity index (χ3v) is 8.05. The molecule has 35 heavy (non-hydrogen) atoms. The summed E-state index contributed by atoms with van der Waals surface area (Å²) in [4.78, 5) is 2.73. The summed E-state index contributed by atoms with van der Waals surface area (Å²) in [5.74, 6) is 2.45. The van der Waals surface area contributed by atoms with Crippen molar-refractivity contribution in [3.8, 4) is 5.75 Å². The predicted molar refractivity (Wildman–Crippen MR) is 144 cm³/mol. The summed E-state index contributed by atoms with van der Waals surface area (Å²) in [6, 6.07) is 29.5. The molecule has 3 saturated heterocycles. The van der Waals surface area contributed by atoms with Gasteiger partial charge in [-0.15, -0.1) is 0 Å². The van der Waals surface area contributed by atoms with E-state index in [0.29, 0.717) is 29.8 Å². The van der Waals surface area contributed by atoms with E-state index in [9.17, 15) is 0 Å². The number of piperidine rings is 3. The molecule has 0 aromatic heterocycles. The summed E-state index contributed by atoms with van der Waals surface area (Å²) in [5, 5.41) is 0. The van der Waals surface area contributed by atoms with Gasteiger partial charge in [0.15, 0.2) is 0 Å². The molecule has 0 radical (unpaired) electrons. The number of benzene rings is 3. The smallest absolute Gasteiger partial charge is 0.123 e. The van der Waals surface area contributed by atoms with Gasteiger partial charge in [0, 0.05) is 30.1 Å². The highest BCUT2D eigenvalue weighted by atomic mass is 16.5. The maximum absolute atomic E-state index is 5.67. The van der Waals surface area contributed by atoms with Crippen LogP contribution in [0.4, 0.5) is 0 Å². The van der Waals surface area contributed by atoms with Crippen LogP contribution in [-0.4, -0.2) is 37.2 Å². The lowest BCUT2D eigenvalue weighted by molar-refractivity contribution is -0.000547. The molecule has 3 aliphatic heterocycles. The van der Waals surface area contributed by atoms with Crippen molar-refractivity contribution in [2.24, 2.45) is 5.92 Å². The average Bonchev–Trinajstić information content (AvgIpc) is 2.91. The Hall–Kier alpha value is -2.66. The number of hydrogen-bond donors (Lipinski definition) is 2. The van der Waals surface area contributed by atoms with Crippen LogP contribution in [0, 0.1) is 5.92 Å². The molecule has 3 aliphatic rings. The fraction of sp³-hybridized carbons (Fsp3) is 0.419. The zero-order chi connectivity index (χ0) is 24.2. The number of fused-ring (bicyclic) bond motifs is 3. The van der Waals surface area contributed by atoms with Gasteiger partial charge in [-0.05, 0) is 60.5 Å². The molecule has 2 N–H and O–H groups in total. The van der Waals surface area contributed by atoms with E-state index in [1.165, 1.54) is 48.2 Å². The Morgan fingerprint density at radius 2 is 1.49 bits per heavy atom. The number of hydrogen-bond acceptors (Lipinski definition) is 4. The van der Waals surface area contributed by atoms with Gasteiger partial charge in [-0.3, -0.25) is 15.8 Å². The lowest BCUT2D eigenvalue weighted by atomic mass is 9.71. The second kappa shape index (κ2) is 10.9. The van der Waals surface area contributed by atoms with Crippen LogP contribution in [0.2, 0.25) is 0 Å². The second-order valence-corrected chi connectivity index (χ2v) is 10.4. The van der Waals surface area contributed by atoms with Gasteiger partial charge in [0.2, 0.25) is 0 Å². The molecule has 3 fully saturated rings. The van der Waals surface area contributed by atoms with Crippen molar-refractivity contribution >= 4 is 0 Å². The Balaban J connectivity index is 1.40. The van der Waals surface area contributed by atoms with Crippen LogP contribution >= 0.6 is 0 Å². The summed E-state index contributed by atoms with van der Waals surface area (Å²) >= 11 is 0. The maximum Gasteiger partial charge on any atom is 0.123 e. The lowest BCUT2D eigenvalue weighted by Crippen LogP contribution is -2.66. The first kappa shape index (κ1) is 24.1. The van der Waals surface area contributed by atoms with E-state index in [1.807, 2.05) is 0 Å². The molecule has 4 heteroatoms. The number of ether oxygens (including phenoxy) is 1. The number of nitrogens with one attached hydrogen (secondary N) is 2. The predicted octanol–water partition coefficient (Wildman–Crippen LogP) is 5.71. The molecule has 4 nitrogen and oxygen atoms in total. The third kappa shape index (κ3) is 5.16. The number of hydrazine groups is 1. The summed E-state index contributed by atoms with van der Waals surface area (Å²) in [7, 11) is 1.76. The normalized spacial score (nSPS) is 23.7. The van der Waals surface area contributed by atoms with E-state index in [4.69, 9.17) is 4.74 Å². The Kier molecular flexibility index (Phi) is 7.52. The van der Waals surface area contributed by atoms with Gasteiger partial charge in [-0.1, -0.05) is 86.6 Å². The van der Waals surface area contributed by atoms with E-state index in [2.05, 4.69) is 108 Å². The summed E-state index contributed by atoms with van der Waals surface area (Å²) in [6.45, 7) is 7.59. The molecule has 0 amide bonds. The lowest BCUT2D eigenvalue weighted by Gasteiger charge is -2.54. The first-order valence-corrected chi connectivity index (χ1v) is 13.1. The summed E-state index contributed by atoms with van der Waals surface area (Å²) < 4.78 is 5.67. The summed E-state index contributed by atoms with van der Waals surface area (Å²) in [6.07, 6.45) is 2.52. The SMILES string of the molecule is COc1ccc(C(C)C)cc1CNNC1C2CCN(CC2)C1C(c1ccccc1)c1ccccc1. The molecule has 2 atom stereocenters. The van der Waals surface area contributed by atoms with Crippen LogP contribution in [-0.2, 0) is 6.54 Å². The molecular weight excluding hydrogens is 430 g/mol. The average molecular weight is 470 g/mol. The van der Waals surface area contributed by atoms with Crippen LogP contribution in [0.5, 0.6) is 5.75 Å². The van der Waals surface area contributed by atoms with Crippen LogP contribution in [0.1, 0.15) is 60.8 Å². The largest absolute Gasteiger partial charge is 0.496 e.